The van der Waals surface area contributed by atoms with E-state index >= 15 is 0 Å². The molecule has 0 amide bonds. The first-order chi connectivity index (χ1) is 10.6. The summed E-state index contributed by atoms with van der Waals surface area (Å²) in [7, 11) is -3.95. The van der Waals surface area contributed by atoms with E-state index in [9.17, 15) is 21.6 Å². The van der Waals surface area contributed by atoms with Crippen molar-refractivity contribution in [2.45, 2.75) is 54.9 Å². The quantitative estimate of drug-likeness (QED) is 0.862. The molecule has 9 heteroatoms. The van der Waals surface area contributed by atoms with Crippen molar-refractivity contribution in [2.75, 3.05) is 0 Å². The predicted molar refractivity (Wildman–Crippen MR) is 79.7 cm³/mol. The number of hydrogen-bond donors (Lipinski definition) is 2. The molecular formula is C14H16ClF3N2O2S. The summed E-state index contributed by atoms with van der Waals surface area (Å²) in [5.41, 5.74) is -0.971. The highest BCUT2D eigenvalue weighted by Gasteiger charge is 2.36. The second-order valence-corrected chi connectivity index (χ2v) is 8.16. The third-order valence-corrected chi connectivity index (χ3v) is 6.35. The van der Waals surface area contributed by atoms with Crippen LogP contribution < -0.4 is 10.0 Å². The molecule has 2 fully saturated rings. The Morgan fingerprint density at radius 3 is 2.30 bits per heavy atom. The molecule has 2 unspecified atom stereocenters. The maximum absolute atomic E-state index is 12.6. The third kappa shape index (κ3) is 3.65. The van der Waals surface area contributed by atoms with E-state index in [1.54, 1.807) is 0 Å². The van der Waals surface area contributed by atoms with Crippen molar-refractivity contribution in [1.82, 2.24) is 10.0 Å². The van der Waals surface area contributed by atoms with Crippen molar-refractivity contribution in [3.05, 3.63) is 28.8 Å². The van der Waals surface area contributed by atoms with Crippen molar-refractivity contribution in [2.24, 2.45) is 0 Å². The fraction of sp³-hybridized carbons (Fsp3) is 0.571. The summed E-state index contributed by atoms with van der Waals surface area (Å²) in [6, 6.07) is 2.64. The fourth-order valence-corrected chi connectivity index (χ4v) is 5.14. The highest BCUT2D eigenvalue weighted by atomic mass is 35.5. The van der Waals surface area contributed by atoms with Gasteiger partial charge in [-0.05, 0) is 43.9 Å². The number of alkyl halides is 3. The van der Waals surface area contributed by atoms with Crippen LogP contribution in [-0.4, -0.2) is 26.5 Å². The van der Waals surface area contributed by atoms with Gasteiger partial charge in [-0.25, -0.2) is 13.1 Å². The van der Waals surface area contributed by atoms with Crippen molar-refractivity contribution in [3.63, 3.8) is 0 Å². The van der Waals surface area contributed by atoms with Crippen LogP contribution in [0.15, 0.2) is 23.1 Å². The molecular weight excluding hydrogens is 353 g/mol. The normalized spacial score (nSPS) is 28.1. The Morgan fingerprint density at radius 2 is 1.78 bits per heavy atom. The molecule has 0 saturated carbocycles. The Bertz CT molecular complexity index is 696. The van der Waals surface area contributed by atoms with Gasteiger partial charge in [-0.1, -0.05) is 11.6 Å². The first kappa shape index (κ1) is 17.0. The summed E-state index contributed by atoms with van der Waals surface area (Å²) in [4.78, 5) is -0.321. The van der Waals surface area contributed by atoms with E-state index in [0.717, 1.165) is 25.0 Å². The van der Waals surface area contributed by atoms with Gasteiger partial charge in [0.1, 0.15) is 4.90 Å². The van der Waals surface area contributed by atoms with E-state index in [1.165, 1.54) is 0 Å². The maximum Gasteiger partial charge on any atom is 0.416 e. The molecule has 0 spiro atoms. The first-order valence-corrected chi connectivity index (χ1v) is 9.16. The van der Waals surface area contributed by atoms with Gasteiger partial charge in [0.2, 0.25) is 10.0 Å². The zero-order chi connectivity index (χ0) is 16.8. The first-order valence-electron chi connectivity index (χ1n) is 7.30. The lowest BCUT2D eigenvalue weighted by Gasteiger charge is -2.29. The van der Waals surface area contributed by atoms with Crippen LogP contribution in [0.4, 0.5) is 13.2 Å². The third-order valence-electron chi connectivity index (χ3n) is 4.34. The topological polar surface area (TPSA) is 58.2 Å². The lowest BCUT2D eigenvalue weighted by atomic mass is 10.0. The van der Waals surface area contributed by atoms with Crippen molar-refractivity contribution < 1.29 is 21.6 Å². The van der Waals surface area contributed by atoms with Gasteiger partial charge >= 0.3 is 6.18 Å². The summed E-state index contributed by atoms with van der Waals surface area (Å²) in [5, 5.41) is 2.97. The molecule has 2 heterocycles. The number of halogens is 4. The summed E-state index contributed by atoms with van der Waals surface area (Å²) in [5.74, 6) is 0. The Hall–Kier alpha value is -0.830. The van der Waals surface area contributed by atoms with Gasteiger partial charge < -0.3 is 5.32 Å². The molecule has 3 rings (SSSR count). The molecule has 2 aliphatic rings. The van der Waals surface area contributed by atoms with Crippen LogP contribution >= 0.6 is 11.6 Å². The molecule has 2 atom stereocenters. The van der Waals surface area contributed by atoms with Crippen molar-refractivity contribution >= 4 is 21.6 Å². The number of benzene rings is 1. The van der Waals surface area contributed by atoms with Gasteiger partial charge in [-0.2, -0.15) is 13.2 Å². The Morgan fingerprint density at radius 1 is 1.17 bits per heavy atom. The van der Waals surface area contributed by atoms with E-state index in [-0.39, 0.29) is 10.9 Å². The second kappa shape index (κ2) is 5.91. The van der Waals surface area contributed by atoms with E-state index in [0.29, 0.717) is 31.0 Å². The van der Waals surface area contributed by atoms with Crippen LogP contribution in [-0.2, 0) is 16.2 Å². The fourth-order valence-electron chi connectivity index (χ4n) is 3.33. The lowest BCUT2D eigenvalue weighted by molar-refractivity contribution is -0.137. The predicted octanol–water partition coefficient (Wildman–Crippen LogP) is 2.92. The Balaban J connectivity index is 1.80. The van der Waals surface area contributed by atoms with Crippen LogP contribution in [0.2, 0.25) is 5.02 Å². The molecule has 2 aliphatic heterocycles. The van der Waals surface area contributed by atoms with E-state index in [4.69, 9.17) is 11.6 Å². The molecule has 2 N–H and O–H groups in total. The second-order valence-electron chi connectivity index (χ2n) is 6.07. The van der Waals surface area contributed by atoms with Gasteiger partial charge in [0.25, 0.3) is 0 Å². The highest BCUT2D eigenvalue weighted by Crippen LogP contribution is 2.34. The van der Waals surface area contributed by atoms with Crippen LogP contribution in [0.5, 0.6) is 0 Å². The van der Waals surface area contributed by atoms with Gasteiger partial charge in [0.15, 0.2) is 0 Å². The minimum atomic E-state index is -4.56. The Kier molecular flexibility index (Phi) is 4.37. The molecule has 2 bridgehead atoms. The molecule has 0 radical (unpaired) electrons. The summed E-state index contributed by atoms with van der Waals surface area (Å²) in [6.07, 6.45) is -1.18. The van der Waals surface area contributed by atoms with Crippen LogP contribution in [0.25, 0.3) is 0 Å². The molecule has 0 aliphatic carbocycles. The summed E-state index contributed by atoms with van der Waals surface area (Å²) < 4.78 is 65.3. The average molecular weight is 369 g/mol. The highest BCUT2D eigenvalue weighted by molar-refractivity contribution is 7.89. The molecule has 0 aromatic heterocycles. The summed E-state index contributed by atoms with van der Waals surface area (Å²) >= 11 is 5.78. The van der Waals surface area contributed by atoms with E-state index < -0.39 is 26.8 Å². The van der Waals surface area contributed by atoms with Crippen LogP contribution in [0.3, 0.4) is 0 Å². The largest absolute Gasteiger partial charge is 0.416 e. The maximum atomic E-state index is 12.6. The molecule has 128 valence electrons. The zero-order valence-corrected chi connectivity index (χ0v) is 13.6. The number of fused-ring (bicyclic) bond motifs is 2. The average Bonchev–Trinajstić information content (AvgIpc) is 2.76. The minimum absolute atomic E-state index is 0.225. The molecule has 2 saturated heterocycles. The van der Waals surface area contributed by atoms with Gasteiger partial charge in [-0.15, -0.1) is 0 Å². The summed E-state index contributed by atoms with van der Waals surface area (Å²) in [6.45, 7) is 0. The zero-order valence-electron chi connectivity index (χ0n) is 12.0. The Labute approximate surface area is 137 Å². The number of sulfonamides is 1. The molecule has 4 nitrogen and oxygen atoms in total. The van der Waals surface area contributed by atoms with Crippen LogP contribution in [0, 0.1) is 0 Å². The number of nitrogens with one attached hydrogen (secondary N) is 2. The smallest absolute Gasteiger partial charge is 0.311 e. The molecule has 1 aromatic carbocycles. The lowest BCUT2D eigenvalue weighted by Crippen LogP contribution is -2.47. The van der Waals surface area contributed by atoms with Crippen molar-refractivity contribution in [3.8, 4) is 0 Å². The molecule has 23 heavy (non-hydrogen) atoms. The van der Waals surface area contributed by atoms with Gasteiger partial charge in [-0.3, -0.25) is 0 Å². The van der Waals surface area contributed by atoms with Gasteiger partial charge in [0, 0.05) is 18.1 Å². The number of piperidine rings is 1. The minimum Gasteiger partial charge on any atom is -0.311 e. The number of rotatable bonds is 3. The standard InChI is InChI=1S/C14H16ClF3N2O2S/c15-12-5-8(14(16,17)18)1-4-13(12)23(21,22)20-11-6-9-2-3-10(7-11)19-9/h1,4-5,9-11,19-20H,2-3,6-7H2. The molecule has 1 aromatic rings. The van der Waals surface area contributed by atoms with E-state index in [2.05, 4.69) is 10.0 Å². The number of hydrogen-bond acceptors (Lipinski definition) is 3. The van der Waals surface area contributed by atoms with Crippen LogP contribution in [0.1, 0.15) is 31.2 Å². The van der Waals surface area contributed by atoms with E-state index in [1.807, 2.05) is 0 Å². The van der Waals surface area contributed by atoms with Crippen molar-refractivity contribution in [1.29, 1.82) is 0 Å². The van der Waals surface area contributed by atoms with Gasteiger partial charge in [0.05, 0.1) is 10.6 Å². The monoisotopic (exact) mass is 368 g/mol. The SMILES string of the molecule is O=S(=O)(NC1CC2CCC(C1)N2)c1ccc(C(F)(F)F)cc1Cl.